The van der Waals surface area contributed by atoms with Gasteiger partial charge in [-0.25, -0.2) is 4.39 Å². The predicted octanol–water partition coefficient (Wildman–Crippen LogP) is 2.53. The summed E-state index contributed by atoms with van der Waals surface area (Å²) in [6.45, 7) is 0.640. The van der Waals surface area contributed by atoms with Gasteiger partial charge in [-0.15, -0.1) is 0 Å². The molecule has 102 valence electrons. The minimum Gasteiger partial charge on any atom is -0.378 e. The zero-order chi connectivity index (χ0) is 13.7. The highest BCUT2D eigenvalue weighted by Gasteiger charge is 1.99. The number of anilines is 2. The van der Waals surface area contributed by atoms with E-state index in [1.165, 1.54) is 11.3 Å². The van der Waals surface area contributed by atoms with Crippen molar-refractivity contribution < 1.29 is 4.39 Å². The molecule has 1 aromatic carbocycles. The Kier molecular flexibility index (Phi) is 4.39. The molecule has 5 heteroatoms. The van der Waals surface area contributed by atoms with Crippen molar-refractivity contribution in [2.24, 2.45) is 0 Å². The van der Waals surface area contributed by atoms with E-state index in [0.29, 0.717) is 6.54 Å². The fraction of sp³-hybridized carbons (Fsp3) is 0.357. The van der Waals surface area contributed by atoms with E-state index in [9.17, 15) is 4.39 Å². The fourth-order valence-corrected chi connectivity index (χ4v) is 1.78. The van der Waals surface area contributed by atoms with Crippen LogP contribution in [0.15, 0.2) is 36.7 Å². The van der Waals surface area contributed by atoms with Crippen LogP contribution in [-0.2, 0) is 13.1 Å². The van der Waals surface area contributed by atoms with Crippen molar-refractivity contribution in [1.82, 2.24) is 9.78 Å². The lowest BCUT2D eigenvalue weighted by molar-refractivity contribution is 0.427. The van der Waals surface area contributed by atoms with Gasteiger partial charge < -0.3 is 10.2 Å². The first-order valence-corrected chi connectivity index (χ1v) is 6.27. The molecular weight excluding hydrogens is 243 g/mol. The molecule has 0 amide bonds. The Morgan fingerprint density at radius 3 is 2.63 bits per heavy atom. The van der Waals surface area contributed by atoms with Gasteiger partial charge in [0.25, 0.3) is 0 Å². The molecule has 0 saturated carbocycles. The van der Waals surface area contributed by atoms with Crippen LogP contribution in [0.5, 0.6) is 0 Å². The van der Waals surface area contributed by atoms with Gasteiger partial charge in [0.2, 0.25) is 0 Å². The summed E-state index contributed by atoms with van der Waals surface area (Å²) in [5, 5.41) is 7.33. The van der Waals surface area contributed by atoms with Crippen molar-refractivity contribution in [3.8, 4) is 0 Å². The van der Waals surface area contributed by atoms with Crippen LogP contribution in [0.1, 0.15) is 5.56 Å². The van der Waals surface area contributed by atoms with Crippen LogP contribution >= 0.6 is 0 Å². The Morgan fingerprint density at radius 1 is 1.26 bits per heavy atom. The monoisotopic (exact) mass is 262 g/mol. The standard InChI is InChI=1S/C14H19FN4/c1-18(2)14-5-3-12(4-6-14)9-16-13-10-17-19(11-13)8-7-15/h3-6,10-11,16H,7-9H2,1-2H3. The van der Waals surface area contributed by atoms with Crippen LogP contribution in [0.2, 0.25) is 0 Å². The maximum atomic E-state index is 12.2. The first-order chi connectivity index (χ1) is 9.19. The van der Waals surface area contributed by atoms with Crippen LogP contribution < -0.4 is 10.2 Å². The number of benzene rings is 1. The van der Waals surface area contributed by atoms with Gasteiger partial charge in [0.15, 0.2) is 0 Å². The van der Waals surface area contributed by atoms with E-state index in [4.69, 9.17) is 0 Å². The molecule has 0 bridgehead atoms. The number of halogens is 1. The van der Waals surface area contributed by atoms with Crippen LogP contribution in [0.4, 0.5) is 15.8 Å². The van der Waals surface area contributed by atoms with Gasteiger partial charge in [-0.05, 0) is 17.7 Å². The average Bonchev–Trinajstić information content (AvgIpc) is 2.85. The lowest BCUT2D eigenvalue weighted by Crippen LogP contribution is -2.08. The van der Waals surface area contributed by atoms with Gasteiger partial charge in [-0.1, -0.05) is 12.1 Å². The number of nitrogens with one attached hydrogen (secondary N) is 1. The second-order valence-corrected chi connectivity index (χ2v) is 4.60. The predicted molar refractivity (Wildman–Crippen MR) is 76.3 cm³/mol. The van der Waals surface area contributed by atoms with Crippen LogP contribution in [0, 0.1) is 0 Å². The minimum absolute atomic E-state index is 0.305. The largest absolute Gasteiger partial charge is 0.378 e. The molecule has 0 saturated heterocycles. The number of nitrogens with zero attached hydrogens (tertiary/aromatic N) is 3. The van der Waals surface area contributed by atoms with Gasteiger partial charge >= 0.3 is 0 Å². The maximum absolute atomic E-state index is 12.2. The van der Waals surface area contributed by atoms with Crippen LogP contribution in [0.25, 0.3) is 0 Å². The zero-order valence-electron chi connectivity index (χ0n) is 11.3. The van der Waals surface area contributed by atoms with Crippen LogP contribution in [0.3, 0.4) is 0 Å². The Morgan fingerprint density at radius 2 is 2.00 bits per heavy atom. The van der Waals surface area contributed by atoms with Gasteiger partial charge in [0, 0.05) is 32.5 Å². The van der Waals surface area contributed by atoms with Crippen molar-refractivity contribution in [3.05, 3.63) is 42.2 Å². The summed E-state index contributed by atoms with van der Waals surface area (Å²) in [5.41, 5.74) is 3.29. The molecule has 0 aliphatic carbocycles. The summed E-state index contributed by atoms with van der Waals surface area (Å²) in [7, 11) is 4.04. The summed E-state index contributed by atoms with van der Waals surface area (Å²) in [6, 6.07) is 8.36. The minimum atomic E-state index is -0.396. The molecule has 0 aliphatic heterocycles. The van der Waals surface area contributed by atoms with Gasteiger partial charge in [-0.2, -0.15) is 5.10 Å². The van der Waals surface area contributed by atoms with Crippen molar-refractivity contribution in [1.29, 1.82) is 0 Å². The Bertz CT molecular complexity index is 504. The van der Waals surface area contributed by atoms with E-state index >= 15 is 0 Å². The van der Waals surface area contributed by atoms with Gasteiger partial charge in [-0.3, -0.25) is 4.68 Å². The molecule has 0 unspecified atom stereocenters. The molecular formula is C14H19FN4. The second-order valence-electron chi connectivity index (χ2n) is 4.60. The summed E-state index contributed by atoms with van der Waals surface area (Å²) in [5.74, 6) is 0. The van der Waals surface area contributed by atoms with E-state index in [0.717, 1.165) is 12.2 Å². The molecule has 0 spiro atoms. The van der Waals surface area contributed by atoms with Crippen molar-refractivity contribution >= 4 is 11.4 Å². The summed E-state index contributed by atoms with van der Waals surface area (Å²) in [6.07, 6.45) is 3.53. The molecule has 19 heavy (non-hydrogen) atoms. The fourth-order valence-electron chi connectivity index (χ4n) is 1.78. The summed E-state index contributed by atoms with van der Waals surface area (Å²) in [4.78, 5) is 2.07. The van der Waals surface area contributed by atoms with Crippen molar-refractivity contribution in [2.45, 2.75) is 13.1 Å². The SMILES string of the molecule is CN(C)c1ccc(CNc2cnn(CCF)c2)cc1. The van der Waals surface area contributed by atoms with Crippen molar-refractivity contribution in [3.63, 3.8) is 0 Å². The highest BCUT2D eigenvalue weighted by Crippen LogP contribution is 2.13. The third-order valence-corrected chi connectivity index (χ3v) is 2.90. The topological polar surface area (TPSA) is 33.1 Å². The number of aryl methyl sites for hydroxylation is 1. The van der Waals surface area contributed by atoms with E-state index in [1.807, 2.05) is 20.3 Å². The smallest absolute Gasteiger partial charge is 0.109 e. The molecule has 0 radical (unpaired) electrons. The molecule has 1 aromatic heterocycles. The molecule has 0 aliphatic rings. The normalized spacial score (nSPS) is 10.5. The van der Waals surface area contributed by atoms with E-state index in [2.05, 4.69) is 39.6 Å². The molecule has 0 atom stereocenters. The average molecular weight is 262 g/mol. The highest BCUT2D eigenvalue weighted by molar-refractivity contribution is 5.47. The second kappa shape index (κ2) is 6.22. The zero-order valence-corrected chi connectivity index (χ0v) is 11.3. The quantitative estimate of drug-likeness (QED) is 0.868. The lowest BCUT2D eigenvalue weighted by Gasteiger charge is -2.12. The summed E-state index contributed by atoms with van der Waals surface area (Å²) < 4.78 is 13.8. The third-order valence-electron chi connectivity index (χ3n) is 2.90. The molecule has 2 rings (SSSR count). The number of rotatable bonds is 6. The molecule has 1 heterocycles. The lowest BCUT2D eigenvalue weighted by atomic mass is 10.2. The molecule has 0 fully saturated rings. The third kappa shape index (κ3) is 3.71. The van der Waals surface area contributed by atoms with E-state index < -0.39 is 6.67 Å². The first kappa shape index (κ1) is 13.4. The number of alkyl halides is 1. The van der Waals surface area contributed by atoms with Crippen molar-refractivity contribution in [2.75, 3.05) is 31.0 Å². The maximum Gasteiger partial charge on any atom is 0.109 e. The first-order valence-electron chi connectivity index (χ1n) is 6.27. The molecule has 1 N–H and O–H groups in total. The van der Waals surface area contributed by atoms with E-state index in [-0.39, 0.29) is 0 Å². The molecule has 4 nitrogen and oxygen atoms in total. The van der Waals surface area contributed by atoms with Crippen LogP contribution in [-0.4, -0.2) is 30.6 Å². The molecule has 2 aromatic rings. The number of aromatic nitrogens is 2. The van der Waals surface area contributed by atoms with Gasteiger partial charge in [0.1, 0.15) is 6.67 Å². The Balaban J connectivity index is 1.90. The number of hydrogen-bond donors (Lipinski definition) is 1. The summed E-state index contributed by atoms with van der Waals surface area (Å²) >= 11 is 0. The number of hydrogen-bond acceptors (Lipinski definition) is 3. The van der Waals surface area contributed by atoms with Gasteiger partial charge in [0.05, 0.1) is 18.4 Å². The Labute approximate surface area is 112 Å². The van der Waals surface area contributed by atoms with E-state index in [1.54, 1.807) is 10.9 Å². The Hall–Kier alpha value is -2.04. The highest BCUT2D eigenvalue weighted by atomic mass is 19.1.